The van der Waals surface area contributed by atoms with E-state index in [2.05, 4.69) is 54.6 Å². The summed E-state index contributed by atoms with van der Waals surface area (Å²) in [6.07, 6.45) is 2.86. The van der Waals surface area contributed by atoms with Crippen molar-refractivity contribution in [1.29, 1.82) is 0 Å². The lowest BCUT2D eigenvalue weighted by atomic mass is 9.56. The van der Waals surface area contributed by atoms with Crippen molar-refractivity contribution in [2.75, 3.05) is 13.2 Å². The maximum atomic E-state index is 14.0. The summed E-state index contributed by atoms with van der Waals surface area (Å²) in [7, 11) is -2.25. The Hall–Kier alpha value is -0.723. The highest BCUT2D eigenvalue weighted by Crippen LogP contribution is 2.61. The number of carbonyl (C=O) groups is 2. The van der Waals surface area contributed by atoms with Crippen molar-refractivity contribution < 1.29 is 23.5 Å². The molecule has 5 nitrogen and oxygen atoms in total. The molecule has 2 aliphatic carbocycles. The molecule has 6 heteroatoms. The fraction of sp³-hybridized carbons (Fsp3) is 0.917. The zero-order chi connectivity index (χ0) is 22.8. The molecule has 3 aliphatic rings. The molecule has 2 unspecified atom stereocenters. The summed E-state index contributed by atoms with van der Waals surface area (Å²) in [5, 5.41) is -0.0185. The van der Waals surface area contributed by atoms with E-state index < -0.39 is 19.8 Å². The molecular formula is C24H42O5Si. The second kappa shape index (κ2) is 7.41. The van der Waals surface area contributed by atoms with E-state index in [4.69, 9.17) is 13.9 Å². The highest BCUT2D eigenvalue weighted by atomic mass is 28.4. The number of esters is 1. The van der Waals surface area contributed by atoms with Crippen LogP contribution in [-0.4, -0.2) is 44.5 Å². The molecule has 0 aromatic carbocycles. The molecule has 0 spiro atoms. The van der Waals surface area contributed by atoms with Crippen LogP contribution in [0.4, 0.5) is 0 Å². The van der Waals surface area contributed by atoms with Gasteiger partial charge in [0.25, 0.3) is 0 Å². The van der Waals surface area contributed by atoms with Crippen LogP contribution in [0.5, 0.6) is 0 Å². The van der Waals surface area contributed by atoms with E-state index in [0.717, 1.165) is 19.3 Å². The Morgan fingerprint density at radius 3 is 2.40 bits per heavy atom. The number of ketones is 1. The van der Waals surface area contributed by atoms with Crippen molar-refractivity contribution in [2.24, 2.45) is 23.2 Å². The largest absolute Gasteiger partial charge is 0.466 e. The minimum absolute atomic E-state index is 0.0185. The molecular weight excluding hydrogens is 396 g/mol. The zero-order valence-corrected chi connectivity index (χ0v) is 21.5. The van der Waals surface area contributed by atoms with E-state index >= 15 is 0 Å². The van der Waals surface area contributed by atoms with Gasteiger partial charge in [-0.2, -0.15) is 0 Å². The number of carbonyl (C=O) groups excluding carboxylic acids is 2. The van der Waals surface area contributed by atoms with E-state index in [1.54, 1.807) is 0 Å². The topological polar surface area (TPSA) is 61.8 Å². The number of fused-ring (bicyclic) bond motifs is 1. The van der Waals surface area contributed by atoms with Gasteiger partial charge in [-0.3, -0.25) is 9.59 Å². The maximum Gasteiger partial charge on any atom is 0.309 e. The Kier molecular flexibility index (Phi) is 5.91. The molecule has 0 aromatic rings. The van der Waals surface area contributed by atoms with Gasteiger partial charge in [-0.1, -0.05) is 27.7 Å². The average molecular weight is 439 g/mol. The van der Waals surface area contributed by atoms with Crippen LogP contribution in [0.2, 0.25) is 18.1 Å². The van der Waals surface area contributed by atoms with Gasteiger partial charge in [0.2, 0.25) is 0 Å². The third-order valence-electron chi connectivity index (χ3n) is 8.87. The fourth-order valence-electron chi connectivity index (χ4n) is 5.85. The standard InChI is InChI=1S/C24H42O5Si/c1-10-27-20(26)17-13-19(25)24(29-30(8,9)21(2,3)4)15-28-22(5,6)16-11-12-23(17,7)14-18(16)24/h16-18H,10-15H2,1-9H3/t16?,17-,18?,23-,24-/m0/s1. The van der Waals surface area contributed by atoms with Crippen LogP contribution in [-0.2, 0) is 23.5 Å². The molecule has 0 amide bonds. The smallest absolute Gasteiger partial charge is 0.309 e. The monoisotopic (exact) mass is 438 g/mol. The minimum atomic E-state index is -2.25. The van der Waals surface area contributed by atoms with Gasteiger partial charge in [0, 0.05) is 12.3 Å². The number of rotatable bonds is 4. The molecule has 3 rings (SSSR count). The quantitative estimate of drug-likeness (QED) is 0.450. The van der Waals surface area contributed by atoms with E-state index in [9.17, 15) is 9.59 Å². The van der Waals surface area contributed by atoms with Gasteiger partial charge in [0.1, 0.15) is 5.60 Å². The third kappa shape index (κ3) is 3.71. The number of hydrogen-bond donors (Lipinski definition) is 0. The van der Waals surface area contributed by atoms with Gasteiger partial charge in [-0.25, -0.2) is 0 Å². The van der Waals surface area contributed by atoms with Crippen LogP contribution in [0.15, 0.2) is 0 Å². The fourth-order valence-corrected chi connectivity index (χ4v) is 7.39. The Bertz CT molecular complexity index is 709. The van der Waals surface area contributed by atoms with Crippen molar-refractivity contribution in [3.8, 4) is 0 Å². The molecule has 172 valence electrons. The molecule has 3 fully saturated rings. The summed E-state index contributed by atoms with van der Waals surface area (Å²) in [6, 6.07) is 0. The summed E-state index contributed by atoms with van der Waals surface area (Å²) in [5.41, 5.74) is -1.49. The Balaban J connectivity index is 2.11. The Labute approximate surface area is 183 Å². The molecule has 5 atom stereocenters. The van der Waals surface area contributed by atoms with Gasteiger partial charge in [-0.15, -0.1) is 0 Å². The molecule has 0 N–H and O–H groups in total. The molecule has 2 saturated carbocycles. The van der Waals surface area contributed by atoms with Crippen LogP contribution in [0.3, 0.4) is 0 Å². The zero-order valence-electron chi connectivity index (χ0n) is 20.5. The van der Waals surface area contributed by atoms with Crippen LogP contribution in [0.25, 0.3) is 0 Å². The summed E-state index contributed by atoms with van der Waals surface area (Å²) < 4.78 is 18.8. The van der Waals surface area contributed by atoms with Crippen LogP contribution in [0, 0.1) is 23.2 Å². The predicted octanol–water partition coefficient (Wildman–Crippen LogP) is 5.13. The Morgan fingerprint density at radius 2 is 1.83 bits per heavy atom. The highest BCUT2D eigenvalue weighted by Gasteiger charge is 2.66. The molecule has 30 heavy (non-hydrogen) atoms. The molecule has 2 bridgehead atoms. The SMILES string of the molecule is CCOC(=O)[C@@H]1CC(=O)[C@]2(O[Si](C)(C)C(C)(C)C)COC(C)(C)C3CC[C@@]1(C)CC32. The van der Waals surface area contributed by atoms with Gasteiger partial charge in [0.05, 0.1) is 24.7 Å². The Morgan fingerprint density at radius 1 is 1.20 bits per heavy atom. The van der Waals surface area contributed by atoms with Crippen molar-refractivity contribution >= 4 is 20.1 Å². The van der Waals surface area contributed by atoms with Gasteiger partial charge in [0.15, 0.2) is 14.1 Å². The van der Waals surface area contributed by atoms with Gasteiger partial charge in [-0.05, 0) is 69.5 Å². The first kappa shape index (κ1) is 23.9. The highest BCUT2D eigenvalue weighted by molar-refractivity contribution is 6.74. The van der Waals surface area contributed by atoms with Crippen molar-refractivity contribution in [2.45, 2.75) is 103 Å². The second-order valence-corrected chi connectivity index (χ2v) is 16.9. The first-order chi connectivity index (χ1) is 13.6. The lowest BCUT2D eigenvalue weighted by Gasteiger charge is -2.59. The summed E-state index contributed by atoms with van der Waals surface area (Å²) in [4.78, 5) is 26.9. The predicted molar refractivity (Wildman–Crippen MR) is 120 cm³/mol. The van der Waals surface area contributed by atoms with Crippen LogP contribution >= 0.6 is 0 Å². The first-order valence-corrected chi connectivity index (χ1v) is 14.5. The van der Waals surface area contributed by atoms with E-state index in [0.29, 0.717) is 6.61 Å². The number of ether oxygens (including phenoxy) is 2. The van der Waals surface area contributed by atoms with E-state index in [1.165, 1.54) is 0 Å². The number of Topliss-reactive ketones (excluding diaryl/α,β-unsaturated/α-hetero) is 1. The molecule has 1 heterocycles. The lowest BCUT2D eigenvalue weighted by Crippen LogP contribution is -2.67. The number of hydrogen-bond acceptors (Lipinski definition) is 5. The molecule has 1 saturated heterocycles. The summed E-state index contributed by atoms with van der Waals surface area (Å²) in [6.45, 7) is 20.0. The molecule has 0 radical (unpaired) electrons. The van der Waals surface area contributed by atoms with Crippen molar-refractivity contribution in [1.82, 2.24) is 0 Å². The normalized spacial score (nSPS) is 38.7. The first-order valence-electron chi connectivity index (χ1n) is 11.6. The van der Waals surface area contributed by atoms with Gasteiger partial charge >= 0.3 is 5.97 Å². The van der Waals surface area contributed by atoms with E-state index in [-0.39, 0.29) is 52.7 Å². The van der Waals surface area contributed by atoms with Crippen LogP contribution in [0.1, 0.15) is 74.1 Å². The van der Waals surface area contributed by atoms with Crippen molar-refractivity contribution in [3.63, 3.8) is 0 Å². The molecule has 0 aromatic heterocycles. The lowest BCUT2D eigenvalue weighted by molar-refractivity contribution is -0.224. The van der Waals surface area contributed by atoms with Crippen LogP contribution < -0.4 is 0 Å². The molecule has 1 aliphatic heterocycles. The second-order valence-electron chi connectivity index (χ2n) is 12.2. The van der Waals surface area contributed by atoms with Crippen molar-refractivity contribution in [3.05, 3.63) is 0 Å². The van der Waals surface area contributed by atoms with Gasteiger partial charge < -0.3 is 13.9 Å². The summed E-state index contributed by atoms with van der Waals surface area (Å²) >= 11 is 0. The minimum Gasteiger partial charge on any atom is -0.466 e. The van der Waals surface area contributed by atoms with E-state index in [1.807, 2.05) is 6.92 Å². The third-order valence-corrected chi connectivity index (χ3v) is 13.4. The average Bonchev–Trinajstić information content (AvgIpc) is 2.67. The summed E-state index contributed by atoms with van der Waals surface area (Å²) in [5.74, 6) is -0.274. The maximum absolute atomic E-state index is 14.0.